The van der Waals surface area contributed by atoms with Crippen LogP contribution in [-0.2, 0) is 0 Å². The Bertz CT molecular complexity index is 393. The van der Waals surface area contributed by atoms with Gasteiger partial charge < -0.3 is 5.11 Å². The minimum Gasteiger partial charge on any atom is -0.389 e. The van der Waals surface area contributed by atoms with Gasteiger partial charge in [-0.3, -0.25) is 0 Å². The SMILES string of the molecule is C[C@H](O)c1ccc(-n2cncn2)nc1. The van der Waals surface area contributed by atoms with Crippen LogP contribution in [0.3, 0.4) is 0 Å². The maximum atomic E-state index is 9.27. The normalized spacial score (nSPS) is 12.7. The van der Waals surface area contributed by atoms with Crippen LogP contribution in [0.2, 0.25) is 0 Å². The molecule has 0 unspecified atom stereocenters. The predicted molar refractivity (Wildman–Crippen MR) is 49.8 cm³/mol. The van der Waals surface area contributed by atoms with E-state index >= 15 is 0 Å². The van der Waals surface area contributed by atoms with Gasteiger partial charge in [0.2, 0.25) is 0 Å². The summed E-state index contributed by atoms with van der Waals surface area (Å²) in [6.07, 6.45) is 4.16. The fourth-order valence-corrected chi connectivity index (χ4v) is 1.11. The quantitative estimate of drug-likeness (QED) is 0.757. The molecule has 0 spiro atoms. The average Bonchev–Trinajstić information content (AvgIpc) is 2.71. The summed E-state index contributed by atoms with van der Waals surface area (Å²) in [6, 6.07) is 3.60. The summed E-state index contributed by atoms with van der Waals surface area (Å²) in [5, 5.41) is 13.2. The minimum absolute atomic E-state index is 0.493. The smallest absolute Gasteiger partial charge is 0.155 e. The molecule has 2 aromatic heterocycles. The van der Waals surface area contributed by atoms with Crippen LogP contribution in [0.4, 0.5) is 0 Å². The van der Waals surface area contributed by atoms with Gasteiger partial charge >= 0.3 is 0 Å². The van der Waals surface area contributed by atoms with Crippen molar-refractivity contribution in [1.82, 2.24) is 19.7 Å². The molecule has 0 radical (unpaired) electrons. The Kier molecular flexibility index (Phi) is 2.24. The molecule has 0 bridgehead atoms. The maximum absolute atomic E-state index is 9.27. The van der Waals surface area contributed by atoms with Crippen molar-refractivity contribution in [3.63, 3.8) is 0 Å². The first kappa shape index (κ1) is 8.83. The Morgan fingerprint density at radius 1 is 1.43 bits per heavy atom. The molecule has 2 aromatic rings. The molecule has 1 atom stereocenters. The molecule has 5 heteroatoms. The third-order valence-electron chi connectivity index (χ3n) is 1.91. The summed E-state index contributed by atoms with van der Waals surface area (Å²) in [7, 11) is 0. The molecule has 0 aliphatic carbocycles. The summed E-state index contributed by atoms with van der Waals surface area (Å²) in [5.41, 5.74) is 0.786. The van der Waals surface area contributed by atoms with Crippen LogP contribution < -0.4 is 0 Å². The van der Waals surface area contributed by atoms with Gasteiger partial charge in [0.1, 0.15) is 12.7 Å². The van der Waals surface area contributed by atoms with E-state index in [0.29, 0.717) is 5.82 Å². The highest BCUT2D eigenvalue weighted by Gasteiger charge is 2.02. The van der Waals surface area contributed by atoms with Crippen LogP contribution in [-0.4, -0.2) is 24.9 Å². The molecule has 2 heterocycles. The van der Waals surface area contributed by atoms with Crippen LogP contribution in [0.1, 0.15) is 18.6 Å². The predicted octanol–water partition coefficient (Wildman–Crippen LogP) is 0.716. The van der Waals surface area contributed by atoms with E-state index in [9.17, 15) is 5.11 Å². The van der Waals surface area contributed by atoms with E-state index in [1.165, 1.54) is 6.33 Å². The van der Waals surface area contributed by atoms with Crippen molar-refractivity contribution in [3.8, 4) is 5.82 Å². The first-order valence-electron chi connectivity index (χ1n) is 4.26. The second kappa shape index (κ2) is 3.55. The molecule has 0 saturated carbocycles. The van der Waals surface area contributed by atoms with Gasteiger partial charge in [-0.1, -0.05) is 6.07 Å². The van der Waals surface area contributed by atoms with Crippen LogP contribution in [0.5, 0.6) is 0 Å². The average molecular weight is 190 g/mol. The number of hydrogen-bond acceptors (Lipinski definition) is 4. The van der Waals surface area contributed by atoms with E-state index in [4.69, 9.17) is 0 Å². The molecule has 0 aliphatic rings. The standard InChI is InChI=1S/C9H10N4O/c1-7(14)8-2-3-9(11-4-8)13-6-10-5-12-13/h2-7,14H,1H3/t7-/m0/s1. The Balaban J connectivity index is 2.31. The number of nitrogens with zero attached hydrogens (tertiary/aromatic N) is 4. The zero-order valence-electron chi connectivity index (χ0n) is 7.70. The number of aliphatic hydroxyl groups is 1. The monoisotopic (exact) mass is 190 g/mol. The summed E-state index contributed by atoms with van der Waals surface area (Å²) in [4.78, 5) is 7.96. The number of aliphatic hydroxyl groups excluding tert-OH is 1. The van der Waals surface area contributed by atoms with Gasteiger partial charge in [0, 0.05) is 6.20 Å². The molecule has 0 aromatic carbocycles. The summed E-state index contributed by atoms with van der Waals surface area (Å²) >= 11 is 0. The second-order valence-electron chi connectivity index (χ2n) is 2.97. The zero-order chi connectivity index (χ0) is 9.97. The molecule has 72 valence electrons. The fraction of sp³-hybridized carbons (Fsp3) is 0.222. The lowest BCUT2D eigenvalue weighted by Gasteiger charge is -2.04. The summed E-state index contributed by atoms with van der Waals surface area (Å²) < 4.78 is 1.56. The van der Waals surface area contributed by atoms with Gasteiger partial charge in [-0.15, -0.1) is 0 Å². The Labute approximate surface area is 81.1 Å². The highest BCUT2D eigenvalue weighted by molar-refractivity contribution is 5.24. The topological polar surface area (TPSA) is 63.8 Å². The molecule has 1 N–H and O–H groups in total. The molecule has 14 heavy (non-hydrogen) atoms. The highest BCUT2D eigenvalue weighted by Crippen LogP contribution is 2.11. The van der Waals surface area contributed by atoms with Gasteiger partial charge in [0.25, 0.3) is 0 Å². The van der Waals surface area contributed by atoms with E-state index in [-0.39, 0.29) is 0 Å². The largest absolute Gasteiger partial charge is 0.389 e. The third-order valence-corrected chi connectivity index (χ3v) is 1.91. The first-order valence-corrected chi connectivity index (χ1v) is 4.26. The van der Waals surface area contributed by atoms with Crippen molar-refractivity contribution in [2.75, 3.05) is 0 Å². The number of rotatable bonds is 2. The number of hydrogen-bond donors (Lipinski definition) is 1. The molecule has 5 nitrogen and oxygen atoms in total. The van der Waals surface area contributed by atoms with Gasteiger partial charge in [-0.25, -0.2) is 14.6 Å². The molecule has 0 amide bonds. The van der Waals surface area contributed by atoms with Crippen molar-refractivity contribution in [2.45, 2.75) is 13.0 Å². The van der Waals surface area contributed by atoms with Crippen molar-refractivity contribution < 1.29 is 5.11 Å². The van der Waals surface area contributed by atoms with Gasteiger partial charge in [0.05, 0.1) is 6.10 Å². The van der Waals surface area contributed by atoms with Crippen molar-refractivity contribution in [3.05, 3.63) is 36.5 Å². The minimum atomic E-state index is -0.493. The van der Waals surface area contributed by atoms with E-state index in [2.05, 4.69) is 15.1 Å². The fourth-order valence-electron chi connectivity index (χ4n) is 1.11. The van der Waals surface area contributed by atoms with Crippen LogP contribution in [0.25, 0.3) is 5.82 Å². The first-order chi connectivity index (χ1) is 6.77. The maximum Gasteiger partial charge on any atom is 0.155 e. The molecule has 0 fully saturated rings. The summed E-state index contributed by atoms with van der Waals surface area (Å²) in [5.74, 6) is 0.687. The summed E-state index contributed by atoms with van der Waals surface area (Å²) in [6.45, 7) is 1.70. The molecule has 0 aliphatic heterocycles. The number of aromatic nitrogens is 4. The number of pyridine rings is 1. The van der Waals surface area contributed by atoms with Crippen LogP contribution in [0.15, 0.2) is 31.0 Å². The Morgan fingerprint density at radius 2 is 2.29 bits per heavy atom. The molecular formula is C9H10N4O. The van der Waals surface area contributed by atoms with Crippen LogP contribution >= 0.6 is 0 Å². The van der Waals surface area contributed by atoms with Crippen LogP contribution in [0, 0.1) is 0 Å². The Hall–Kier alpha value is -1.75. The van der Waals surface area contributed by atoms with E-state index < -0.39 is 6.10 Å². The van der Waals surface area contributed by atoms with Crippen molar-refractivity contribution in [2.24, 2.45) is 0 Å². The lowest BCUT2D eigenvalue weighted by Crippen LogP contribution is -1.99. The Morgan fingerprint density at radius 3 is 2.79 bits per heavy atom. The van der Waals surface area contributed by atoms with Crippen molar-refractivity contribution >= 4 is 0 Å². The van der Waals surface area contributed by atoms with Crippen molar-refractivity contribution in [1.29, 1.82) is 0 Å². The van der Waals surface area contributed by atoms with E-state index in [0.717, 1.165) is 5.56 Å². The van der Waals surface area contributed by atoms with E-state index in [1.54, 1.807) is 30.2 Å². The second-order valence-corrected chi connectivity index (χ2v) is 2.97. The van der Waals surface area contributed by atoms with Gasteiger partial charge in [-0.2, -0.15) is 5.10 Å². The molecule has 0 saturated heterocycles. The third kappa shape index (κ3) is 1.62. The van der Waals surface area contributed by atoms with E-state index in [1.807, 2.05) is 6.07 Å². The van der Waals surface area contributed by atoms with Gasteiger partial charge in [0.15, 0.2) is 5.82 Å². The lowest BCUT2D eigenvalue weighted by atomic mass is 10.2. The lowest BCUT2D eigenvalue weighted by molar-refractivity contribution is 0.199. The molecule has 2 rings (SSSR count). The zero-order valence-corrected chi connectivity index (χ0v) is 7.70. The van der Waals surface area contributed by atoms with Gasteiger partial charge in [-0.05, 0) is 18.6 Å². The molecular weight excluding hydrogens is 180 g/mol. The highest BCUT2D eigenvalue weighted by atomic mass is 16.3.